The van der Waals surface area contributed by atoms with Gasteiger partial charge in [0.25, 0.3) is 0 Å². The largest absolute Gasteiger partial charge is 0.512 e. The minimum Gasteiger partial charge on any atom is -0.512 e. The molecule has 1 aromatic rings. The summed E-state index contributed by atoms with van der Waals surface area (Å²) in [6, 6.07) is -0.0904. The highest BCUT2D eigenvalue weighted by atomic mass is 16.3. The third-order valence-electron chi connectivity index (χ3n) is 4.67. The molecule has 1 atom stereocenters. The molecule has 2 aliphatic rings. The molecular weight excluding hydrogens is 282 g/mol. The normalized spacial score (nSPS) is 21.9. The highest BCUT2D eigenvalue weighted by Crippen LogP contribution is 2.36. The maximum absolute atomic E-state index is 12.2. The summed E-state index contributed by atoms with van der Waals surface area (Å²) >= 11 is 0. The first-order valence-corrected chi connectivity index (χ1v) is 7.99. The Morgan fingerprint density at radius 2 is 1.95 bits per heavy atom. The van der Waals surface area contributed by atoms with Gasteiger partial charge in [-0.3, -0.25) is 9.69 Å². The average Bonchev–Trinajstić information content (AvgIpc) is 3.10. The van der Waals surface area contributed by atoms with Gasteiger partial charge in [-0.05, 0) is 37.4 Å². The van der Waals surface area contributed by atoms with E-state index in [4.69, 9.17) is 0 Å². The Balaban J connectivity index is 1.98. The molecule has 0 bridgehead atoms. The van der Waals surface area contributed by atoms with Crippen molar-refractivity contribution < 1.29 is 9.90 Å². The maximum atomic E-state index is 12.2. The number of allylic oxidation sites excluding steroid dienone is 1. The van der Waals surface area contributed by atoms with E-state index in [1.54, 1.807) is 0 Å². The molecule has 0 saturated heterocycles. The number of carbonyl (C=O) groups excluding carboxylic acids is 1. The van der Waals surface area contributed by atoms with Gasteiger partial charge in [-0.25, -0.2) is 4.68 Å². The van der Waals surface area contributed by atoms with Gasteiger partial charge in [0.2, 0.25) is 0 Å². The molecule has 120 valence electrons. The van der Waals surface area contributed by atoms with E-state index in [9.17, 15) is 9.90 Å². The molecule has 0 amide bonds. The van der Waals surface area contributed by atoms with E-state index in [-0.39, 0.29) is 17.6 Å². The van der Waals surface area contributed by atoms with Gasteiger partial charge in [-0.2, -0.15) is 0 Å². The number of aliphatic hydroxyl groups is 1. The molecule has 1 saturated carbocycles. The summed E-state index contributed by atoms with van der Waals surface area (Å²) in [5.74, 6) is 0.838. The van der Waals surface area contributed by atoms with Crippen molar-refractivity contribution in [1.82, 2.24) is 25.1 Å². The second kappa shape index (κ2) is 6.16. The Kier molecular flexibility index (Phi) is 4.24. The van der Waals surface area contributed by atoms with Gasteiger partial charge in [0.15, 0.2) is 11.6 Å². The van der Waals surface area contributed by atoms with Crippen molar-refractivity contribution in [2.24, 2.45) is 0 Å². The number of rotatable bonds is 4. The molecule has 0 unspecified atom stereocenters. The highest BCUT2D eigenvalue weighted by molar-refractivity contribution is 5.99. The second-order valence-corrected chi connectivity index (χ2v) is 6.42. The van der Waals surface area contributed by atoms with E-state index in [1.807, 2.05) is 23.7 Å². The molecule has 0 aromatic carbocycles. The van der Waals surface area contributed by atoms with Gasteiger partial charge in [0, 0.05) is 12.8 Å². The second-order valence-electron chi connectivity index (χ2n) is 6.42. The minimum absolute atomic E-state index is 0.00519. The standard InChI is InChI=1S/C15H23N5O2/c1-19(2)14(13-11(21)8-9-12(13)22)15-16-17-18-20(15)10-6-4-3-5-7-10/h10,14,21H,3-9H2,1-2H3/t14-/m0/s1. The Bertz CT molecular complexity index is 587. The Hall–Kier alpha value is -1.76. The van der Waals surface area contributed by atoms with E-state index in [2.05, 4.69) is 15.5 Å². The lowest BCUT2D eigenvalue weighted by molar-refractivity contribution is -0.115. The van der Waals surface area contributed by atoms with Gasteiger partial charge < -0.3 is 5.11 Å². The van der Waals surface area contributed by atoms with Crippen molar-refractivity contribution in [3.05, 3.63) is 17.2 Å². The number of carbonyl (C=O) groups is 1. The zero-order valence-corrected chi connectivity index (χ0v) is 13.2. The van der Waals surface area contributed by atoms with Gasteiger partial charge in [0.1, 0.15) is 11.8 Å². The summed E-state index contributed by atoms with van der Waals surface area (Å²) in [5.41, 5.74) is 0.455. The lowest BCUT2D eigenvalue weighted by Gasteiger charge is -2.28. The SMILES string of the molecule is CN(C)[C@@H](C1=C(O)CCC1=O)c1nnnn1C1CCCCC1. The number of hydrogen-bond acceptors (Lipinski definition) is 6. The van der Waals surface area contributed by atoms with Crippen LogP contribution in [0.2, 0.25) is 0 Å². The molecule has 1 fully saturated rings. The van der Waals surface area contributed by atoms with Gasteiger partial charge in [-0.1, -0.05) is 19.3 Å². The summed E-state index contributed by atoms with van der Waals surface area (Å²) in [6.07, 6.45) is 6.55. The van der Waals surface area contributed by atoms with Crippen LogP contribution >= 0.6 is 0 Å². The number of likely N-dealkylation sites (N-methyl/N-ethyl adjacent to an activating group) is 1. The molecule has 0 aliphatic heterocycles. The molecule has 7 heteroatoms. The number of ketones is 1. The molecule has 7 nitrogen and oxygen atoms in total. The average molecular weight is 305 g/mol. The third-order valence-corrected chi connectivity index (χ3v) is 4.67. The van der Waals surface area contributed by atoms with Crippen LogP contribution in [-0.2, 0) is 4.79 Å². The van der Waals surface area contributed by atoms with Crippen LogP contribution in [0.15, 0.2) is 11.3 Å². The zero-order chi connectivity index (χ0) is 15.7. The number of tetrazole rings is 1. The fourth-order valence-electron chi connectivity index (χ4n) is 3.56. The maximum Gasteiger partial charge on any atom is 0.173 e. The molecule has 22 heavy (non-hydrogen) atoms. The minimum atomic E-state index is -0.382. The number of nitrogens with zero attached hydrogens (tertiary/aromatic N) is 5. The van der Waals surface area contributed by atoms with Gasteiger partial charge in [-0.15, -0.1) is 5.10 Å². The Morgan fingerprint density at radius 3 is 2.55 bits per heavy atom. The predicted molar refractivity (Wildman–Crippen MR) is 80.3 cm³/mol. The fourth-order valence-corrected chi connectivity index (χ4v) is 3.56. The van der Waals surface area contributed by atoms with Crippen molar-refractivity contribution in [3.63, 3.8) is 0 Å². The molecule has 1 heterocycles. The monoisotopic (exact) mass is 305 g/mol. The number of Topliss-reactive ketones (excluding diaryl/α,β-unsaturated/α-hetero) is 1. The highest BCUT2D eigenvalue weighted by Gasteiger charge is 2.36. The Labute approximate surface area is 130 Å². The van der Waals surface area contributed by atoms with Crippen molar-refractivity contribution in [1.29, 1.82) is 0 Å². The molecule has 0 radical (unpaired) electrons. The van der Waals surface area contributed by atoms with Gasteiger partial charge >= 0.3 is 0 Å². The van der Waals surface area contributed by atoms with Crippen molar-refractivity contribution >= 4 is 5.78 Å². The smallest absolute Gasteiger partial charge is 0.173 e. The molecule has 1 aromatic heterocycles. The first-order valence-electron chi connectivity index (χ1n) is 7.99. The first kappa shape index (κ1) is 15.1. The fraction of sp³-hybridized carbons (Fsp3) is 0.733. The van der Waals surface area contributed by atoms with Gasteiger partial charge in [0.05, 0.1) is 11.6 Å². The van der Waals surface area contributed by atoms with E-state index in [1.165, 1.54) is 19.3 Å². The summed E-state index contributed by atoms with van der Waals surface area (Å²) in [6.45, 7) is 0. The molecular formula is C15H23N5O2. The van der Waals surface area contributed by atoms with Crippen molar-refractivity contribution in [2.75, 3.05) is 14.1 Å². The van der Waals surface area contributed by atoms with Crippen LogP contribution in [0.3, 0.4) is 0 Å². The number of hydrogen-bond donors (Lipinski definition) is 1. The lowest BCUT2D eigenvalue weighted by atomic mass is 9.95. The Morgan fingerprint density at radius 1 is 1.23 bits per heavy atom. The van der Waals surface area contributed by atoms with E-state index in [0.717, 1.165) is 12.8 Å². The molecule has 1 N–H and O–H groups in total. The summed E-state index contributed by atoms with van der Waals surface area (Å²) in [5, 5.41) is 22.3. The molecule has 3 rings (SSSR count). The first-order chi connectivity index (χ1) is 10.6. The van der Waals surface area contributed by atoms with Crippen LogP contribution in [-0.4, -0.2) is 50.1 Å². The van der Waals surface area contributed by atoms with Crippen LogP contribution in [0, 0.1) is 0 Å². The van der Waals surface area contributed by atoms with E-state index in [0.29, 0.717) is 30.3 Å². The summed E-state index contributed by atoms with van der Waals surface area (Å²) in [7, 11) is 3.77. The predicted octanol–water partition coefficient (Wildman–Crippen LogP) is 1.96. The van der Waals surface area contributed by atoms with Crippen LogP contribution in [0.25, 0.3) is 0 Å². The number of aromatic nitrogens is 4. The summed E-state index contributed by atoms with van der Waals surface area (Å²) in [4.78, 5) is 14.1. The number of aliphatic hydroxyl groups excluding tert-OH is 1. The molecule has 0 spiro atoms. The zero-order valence-electron chi connectivity index (χ0n) is 13.2. The lowest BCUT2D eigenvalue weighted by Crippen LogP contribution is -2.29. The van der Waals surface area contributed by atoms with E-state index >= 15 is 0 Å². The van der Waals surface area contributed by atoms with E-state index < -0.39 is 0 Å². The van der Waals surface area contributed by atoms with Crippen LogP contribution < -0.4 is 0 Å². The summed E-state index contributed by atoms with van der Waals surface area (Å²) < 4.78 is 1.87. The van der Waals surface area contributed by atoms with Crippen molar-refractivity contribution in [2.45, 2.75) is 57.0 Å². The van der Waals surface area contributed by atoms with Crippen LogP contribution in [0.5, 0.6) is 0 Å². The van der Waals surface area contributed by atoms with Crippen LogP contribution in [0.4, 0.5) is 0 Å². The third kappa shape index (κ3) is 2.65. The quantitative estimate of drug-likeness (QED) is 0.915. The topological polar surface area (TPSA) is 84.1 Å². The van der Waals surface area contributed by atoms with Crippen LogP contribution in [0.1, 0.15) is 62.9 Å². The van der Waals surface area contributed by atoms with Crippen molar-refractivity contribution in [3.8, 4) is 0 Å². The molecule has 2 aliphatic carbocycles.